The Bertz CT molecular complexity index is 822. The van der Waals surface area contributed by atoms with Gasteiger partial charge in [0, 0.05) is 24.2 Å². The van der Waals surface area contributed by atoms with Crippen molar-refractivity contribution >= 4 is 38.8 Å². The van der Waals surface area contributed by atoms with Gasteiger partial charge in [0.1, 0.15) is 16.3 Å². The molecule has 0 unspecified atom stereocenters. The number of thiophene rings is 1. The number of rotatable bonds is 3. The van der Waals surface area contributed by atoms with Crippen LogP contribution in [0.15, 0.2) is 5.11 Å². The van der Waals surface area contributed by atoms with Crippen molar-refractivity contribution in [3.05, 3.63) is 16.0 Å². The fourth-order valence-corrected chi connectivity index (χ4v) is 4.80. The second-order valence-electron chi connectivity index (χ2n) is 6.40. The van der Waals surface area contributed by atoms with Crippen LogP contribution < -0.4 is 4.90 Å². The quantitative estimate of drug-likeness (QED) is 0.651. The molecule has 2 aliphatic rings. The predicted octanol–water partition coefficient (Wildman–Crippen LogP) is 4.06. The largest absolute Gasteiger partial charge is 0.378 e. The fraction of sp³-hybridized carbons (Fsp3) is 0.529. The first-order chi connectivity index (χ1) is 11.7. The lowest BCUT2D eigenvalue weighted by Crippen LogP contribution is -2.37. The average molecular weight is 343 g/mol. The Morgan fingerprint density at radius 1 is 1.21 bits per heavy atom. The number of ether oxygens (including phenoxy) is 1. The van der Waals surface area contributed by atoms with Crippen LogP contribution in [0.2, 0.25) is 0 Å². The third-order valence-electron chi connectivity index (χ3n) is 4.87. The Morgan fingerprint density at radius 2 is 1.92 bits per heavy atom. The van der Waals surface area contributed by atoms with Gasteiger partial charge >= 0.3 is 0 Å². The van der Waals surface area contributed by atoms with E-state index >= 15 is 0 Å². The molecule has 2 aromatic heterocycles. The van der Waals surface area contributed by atoms with Crippen LogP contribution in [-0.4, -0.2) is 37.0 Å². The summed E-state index contributed by atoms with van der Waals surface area (Å²) in [6, 6.07) is 0. The van der Waals surface area contributed by atoms with Crippen LogP contribution >= 0.6 is 11.3 Å². The molecule has 0 atom stereocenters. The van der Waals surface area contributed by atoms with E-state index in [1.165, 1.54) is 35.3 Å². The summed E-state index contributed by atoms with van der Waals surface area (Å²) in [6.45, 7) is 5.01. The number of hydrogen-bond acceptors (Lipinski definition) is 7. The minimum absolute atomic E-state index is 0.460. The molecule has 2 aromatic rings. The molecule has 0 bridgehead atoms. The number of nitrogens with zero attached hydrogens (tertiary/aromatic N) is 3. The minimum atomic E-state index is 0.460. The van der Waals surface area contributed by atoms with Crippen LogP contribution in [0.1, 0.15) is 35.8 Å². The lowest BCUT2D eigenvalue weighted by molar-refractivity contribution is 0.122. The van der Waals surface area contributed by atoms with Gasteiger partial charge < -0.3 is 15.0 Å². The lowest BCUT2D eigenvalue weighted by atomic mass is 9.89. The summed E-state index contributed by atoms with van der Waals surface area (Å²) in [6.07, 6.45) is 4.41. The van der Waals surface area contributed by atoms with Crippen molar-refractivity contribution in [2.75, 3.05) is 31.2 Å². The maximum absolute atomic E-state index is 8.01. The van der Waals surface area contributed by atoms with Gasteiger partial charge in [0.15, 0.2) is 0 Å². The molecule has 1 aliphatic heterocycles. The van der Waals surface area contributed by atoms with Gasteiger partial charge in [0.05, 0.1) is 18.1 Å². The number of nitrogens with one attached hydrogen (secondary N) is 2. The van der Waals surface area contributed by atoms with Crippen molar-refractivity contribution < 1.29 is 4.74 Å². The summed E-state index contributed by atoms with van der Waals surface area (Å²) >= 11 is 1.50. The van der Waals surface area contributed by atoms with Crippen molar-refractivity contribution in [3.8, 4) is 0 Å². The van der Waals surface area contributed by atoms with E-state index in [0.29, 0.717) is 11.4 Å². The van der Waals surface area contributed by atoms with Crippen LogP contribution in [0.5, 0.6) is 0 Å². The molecular formula is C17H21N5OS. The first-order valence-corrected chi connectivity index (χ1v) is 9.26. The molecular weight excluding hydrogens is 322 g/mol. The Labute approximate surface area is 144 Å². The van der Waals surface area contributed by atoms with Gasteiger partial charge in [-0.25, -0.2) is 10.5 Å². The van der Waals surface area contributed by atoms with E-state index < -0.39 is 0 Å². The summed E-state index contributed by atoms with van der Waals surface area (Å²) in [5.41, 5.74) is 11.4. The zero-order chi connectivity index (χ0) is 16.7. The highest BCUT2D eigenvalue weighted by atomic mass is 32.1. The fourth-order valence-electron chi connectivity index (χ4n) is 3.75. The highest BCUT2D eigenvalue weighted by Gasteiger charge is 2.27. The molecule has 0 spiro atoms. The van der Waals surface area contributed by atoms with Crippen molar-refractivity contribution in [2.45, 2.75) is 32.6 Å². The normalized spacial score (nSPS) is 17.8. The van der Waals surface area contributed by atoms with E-state index in [9.17, 15) is 0 Å². The molecule has 24 heavy (non-hydrogen) atoms. The van der Waals surface area contributed by atoms with Crippen LogP contribution in [-0.2, 0) is 17.6 Å². The van der Waals surface area contributed by atoms with Crippen molar-refractivity contribution in [1.82, 2.24) is 4.98 Å². The monoisotopic (exact) mass is 343 g/mol. The molecule has 7 heteroatoms. The van der Waals surface area contributed by atoms with Crippen molar-refractivity contribution in [1.29, 1.82) is 10.9 Å². The molecule has 0 saturated carbocycles. The van der Waals surface area contributed by atoms with E-state index in [1.807, 2.05) is 0 Å². The molecule has 3 heterocycles. The van der Waals surface area contributed by atoms with Gasteiger partial charge in [0.25, 0.3) is 0 Å². The zero-order valence-corrected chi connectivity index (χ0v) is 14.6. The Kier molecular flexibility index (Phi) is 4.05. The third kappa shape index (κ3) is 2.43. The van der Waals surface area contributed by atoms with E-state index in [1.54, 1.807) is 6.92 Å². The second kappa shape index (κ2) is 6.22. The third-order valence-corrected chi connectivity index (χ3v) is 6.07. The summed E-state index contributed by atoms with van der Waals surface area (Å²) in [5.74, 6) is 1.09. The van der Waals surface area contributed by atoms with Gasteiger partial charge in [-0.3, -0.25) is 0 Å². The SMILES string of the molecule is CC(=N)c1sc2nc(N3CCOCC3)c3c(c2c1N=N)CCCC3. The van der Waals surface area contributed by atoms with E-state index in [2.05, 4.69) is 10.0 Å². The standard InChI is InChI=1S/C17H21N5OS/c1-10(18)15-14(21-19)13-11-4-2-3-5-12(11)16(20-17(13)24-15)22-6-8-23-9-7-22/h18-19H,2-9H2,1H3. The molecule has 0 radical (unpaired) electrons. The van der Waals surface area contributed by atoms with Crippen molar-refractivity contribution in [2.24, 2.45) is 5.11 Å². The number of aromatic nitrogens is 1. The van der Waals surface area contributed by atoms with Gasteiger partial charge in [-0.05, 0) is 43.7 Å². The molecule has 1 aliphatic carbocycles. The number of fused-ring (bicyclic) bond motifs is 3. The van der Waals surface area contributed by atoms with Gasteiger partial charge in [0.2, 0.25) is 0 Å². The molecule has 1 fully saturated rings. The number of anilines is 1. The smallest absolute Gasteiger partial charge is 0.133 e. The Morgan fingerprint density at radius 3 is 2.58 bits per heavy atom. The van der Waals surface area contributed by atoms with E-state index in [-0.39, 0.29) is 0 Å². The summed E-state index contributed by atoms with van der Waals surface area (Å²) in [4.78, 5) is 9.01. The van der Waals surface area contributed by atoms with Gasteiger partial charge in [-0.15, -0.1) is 11.3 Å². The average Bonchev–Trinajstić information content (AvgIpc) is 3.01. The minimum Gasteiger partial charge on any atom is -0.378 e. The molecule has 0 aromatic carbocycles. The molecule has 126 valence electrons. The molecule has 0 amide bonds. The number of morpholine rings is 1. The first kappa shape index (κ1) is 15.7. The number of hydrogen-bond donors (Lipinski definition) is 2. The van der Waals surface area contributed by atoms with Crippen LogP contribution in [0.3, 0.4) is 0 Å². The highest BCUT2D eigenvalue weighted by Crippen LogP contribution is 2.44. The highest BCUT2D eigenvalue weighted by molar-refractivity contribution is 7.21. The summed E-state index contributed by atoms with van der Waals surface area (Å²) < 4.78 is 5.49. The van der Waals surface area contributed by atoms with E-state index in [4.69, 9.17) is 20.7 Å². The first-order valence-electron chi connectivity index (χ1n) is 8.44. The molecule has 2 N–H and O–H groups in total. The van der Waals surface area contributed by atoms with Gasteiger partial charge in [-0.1, -0.05) is 0 Å². The van der Waals surface area contributed by atoms with Crippen LogP contribution in [0, 0.1) is 10.9 Å². The topological polar surface area (TPSA) is 85.4 Å². The number of aryl methyl sites for hydroxylation is 1. The van der Waals surface area contributed by atoms with Gasteiger partial charge in [-0.2, -0.15) is 5.11 Å². The maximum atomic E-state index is 8.01. The second-order valence-corrected chi connectivity index (χ2v) is 7.39. The summed E-state index contributed by atoms with van der Waals surface area (Å²) in [7, 11) is 0. The maximum Gasteiger partial charge on any atom is 0.133 e. The Hall–Kier alpha value is -1.86. The zero-order valence-electron chi connectivity index (χ0n) is 13.8. The van der Waals surface area contributed by atoms with Crippen LogP contribution in [0.25, 0.3) is 10.2 Å². The molecule has 4 rings (SSSR count). The summed E-state index contributed by atoms with van der Waals surface area (Å²) in [5, 5.41) is 12.8. The van der Waals surface area contributed by atoms with Crippen LogP contribution in [0.4, 0.5) is 11.5 Å². The number of pyridine rings is 1. The molecule has 6 nitrogen and oxygen atoms in total. The van der Waals surface area contributed by atoms with E-state index in [0.717, 1.165) is 60.1 Å². The molecule has 1 saturated heterocycles. The predicted molar refractivity (Wildman–Crippen MR) is 96.6 cm³/mol. The lowest BCUT2D eigenvalue weighted by Gasteiger charge is -2.31. The Balaban J connectivity index is 1.98. The van der Waals surface area contributed by atoms with Crippen molar-refractivity contribution in [3.63, 3.8) is 0 Å².